The molecule has 1 rings (SSSR count). The van der Waals surface area contributed by atoms with Crippen LogP contribution in [0.3, 0.4) is 0 Å². The lowest BCUT2D eigenvalue weighted by Gasteiger charge is -2.33. The van der Waals surface area contributed by atoms with Crippen LogP contribution >= 0.6 is 7.82 Å². The Labute approximate surface area is 137 Å². The number of benzene rings is 1. The van der Waals surface area contributed by atoms with Crippen molar-refractivity contribution in [3.05, 3.63) is 35.4 Å². The highest BCUT2D eigenvalue weighted by Crippen LogP contribution is 2.52. The Morgan fingerprint density at radius 3 is 2.26 bits per heavy atom. The minimum absolute atomic E-state index is 0.0752. The molecule has 0 radical (unpaired) electrons. The predicted molar refractivity (Wildman–Crippen MR) is 86.7 cm³/mol. The molecule has 3 unspecified atom stereocenters. The summed E-state index contributed by atoms with van der Waals surface area (Å²) in [4.78, 5) is 7.39. The summed E-state index contributed by atoms with van der Waals surface area (Å²) >= 11 is 0. The Morgan fingerprint density at radius 2 is 1.83 bits per heavy atom. The molecule has 0 saturated carbocycles. The lowest BCUT2D eigenvalue weighted by Crippen LogP contribution is -2.42. The molecule has 0 amide bonds. The van der Waals surface area contributed by atoms with Gasteiger partial charge in [-0.15, -0.1) is 0 Å². The molecule has 0 aromatic heterocycles. The fraction of sp³-hybridized carbons (Fsp3) is 0.571. The molecule has 23 heavy (non-hydrogen) atoms. The van der Waals surface area contributed by atoms with Gasteiger partial charge in [-0.3, -0.25) is 13.6 Å². The number of phosphoric acid groups is 1. The van der Waals surface area contributed by atoms with Crippen molar-refractivity contribution in [2.75, 3.05) is 6.61 Å². The van der Waals surface area contributed by atoms with E-state index in [1.54, 1.807) is 31.2 Å². The summed E-state index contributed by atoms with van der Waals surface area (Å²) in [6.07, 6.45) is 0.448. The standard InChI is InChI=1S/C14H23O7PS/c1-5-10-20-22(15,16)21-14(4,23(17,18)19)12(3)13-8-6-11(2)7-9-13/h6-9,12H,5,10H2,1-4H3,(H,15,16)(H,17,18,19). The zero-order chi connectivity index (χ0) is 17.9. The summed E-state index contributed by atoms with van der Waals surface area (Å²) in [7, 11) is -9.46. The molecule has 0 spiro atoms. The van der Waals surface area contributed by atoms with Crippen molar-refractivity contribution in [1.82, 2.24) is 0 Å². The van der Waals surface area contributed by atoms with Crippen LogP contribution in [-0.4, -0.2) is 29.4 Å². The summed E-state index contributed by atoms with van der Waals surface area (Å²) in [5.41, 5.74) is 1.50. The van der Waals surface area contributed by atoms with Gasteiger partial charge in [0, 0.05) is 5.92 Å². The summed E-state index contributed by atoms with van der Waals surface area (Å²) in [5.74, 6) is -0.913. The Balaban J connectivity index is 3.22. The summed E-state index contributed by atoms with van der Waals surface area (Å²) in [6, 6.07) is 6.87. The Morgan fingerprint density at radius 1 is 1.30 bits per heavy atom. The van der Waals surface area contributed by atoms with E-state index >= 15 is 0 Å². The van der Waals surface area contributed by atoms with Gasteiger partial charge in [-0.25, -0.2) is 4.57 Å². The zero-order valence-corrected chi connectivity index (χ0v) is 15.3. The molecule has 9 heteroatoms. The maximum atomic E-state index is 12.0. The van der Waals surface area contributed by atoms with Crippen LogP contribution in [0.4, 0.5) is 0 Å². The zero-order valence-electron chi connectivity index (χ0n) is 13.6. The van der Waals surface area contributed by atoms with Crippen LogP contribution in [0.2, 0.25) is 0 Å². The Kier molecular flexibility index (Phi) is 6.55. The minimum Gasteiger partial charge on any atom is -0.302 e. The molecular formula is C14H23O7PS. The third kappa shape index (κ3) is 5.11. The van der Waals surface area contributed by atoms with Crippen molar-refractivity contribution in [1.29, 1.82) is 0 Å². The first-order valence-corrected chi connectivity index (χ1v) is 10.1. The fourth-order valence-electron chi connectivity index (χ4n) is 1.97. The van der Waals surface area contributed by atoms with Crippen molar-refractivity contribution in [2.24, 2.45) is 0 Å². The first kappa shape index (κ1) is 20.3. The molecule has 2 N–H and O–H groups in total. The van der Waals surface area contributed by atoms with Crippen LogP contribution < -0.4 is 0 Å². The maximum Gasteiger partial charge on any atom is 0.473 e. The summed E-state index contributed by atoms with van der Waals surface area (Å²) in [5, 5.41) is 0. The van der Waals surface area contributed by atoms with Crippen LogP contribution in [0, 0.1) is 6.92 Å². The predicted octanol–water partition coefficient (Wildman–Crippen LogP) is 3.25. The largest absolute Gasteiger partial charge is 0.473 e. The lowest BCUT2D eigenvalue weighted by molar-refractivity contribution is 0.0678. The Hall–Kier alpha value is -0.760. The van der Waals surface area contributed by atoms with Crippen LogP contribution in [0.1, 0.15) is 44.2 Å². The number of hydrogen-bond acceptors (Lipinski definition) is 5. The van der Waals surface area contributed by atoms with E-state index in [0.717, 1.165) is 12.5 Å². The highest BCUT2D eigenvalue weighted by atomic mass is 32.2. The molecule has 132 valence electrons. The molecule has 7 nitrogen and oxygen atoms in total. The first-order valence-electron chi connectivity index (χ1n) is 7.14. The third-order valence-electron chi connectivity index (χ3n) is 3.63. The smallest absolute Gasteiger partial charge is 0.302 e. The minimum atomic E-state index is -4.81. The van der Waals surface area contributed by atoms with Crippen LogP contribution in [0.5, 0.6) is 0 Å². The van der Waals surface area contributed by atoms with Crippen LogP contribution in [0.25, 0.3) is 0 Å². The van der Waals surface area contributed by atoms with Gasteiger partial charge in [-0.2, -0.15) is 8.42 Å². The molecule has 1 aromatic rings. The van der Waals surface area contributed by atoms with Crippen molar-refractivity contribution < 1.29 is 31.5 Å². The average molecular weight is 366 g/mol. The molecule has 1 aromatic carbocycles. The van der Waals surface area contributed by atoms with Gasteiger partial charge >= 0.3 is 7.82 Å². The number of aryl methyl sites for hydroxylation is 1. The molecule has 0 aliphatic rings. The Bertz CT molecular complexity index is 671. The normalized spacial score (nSPS) is 18.9. The van der Waals surface area contributed by atoms with Gasteiger partial charge < -0.3 is 4.89 Å². The molecular weight excluding hydrogens is 343 g/mol. The summed E-state index contributed by atoms with van der Waals surface area (Å²) in [6.45, 7) is 6.04. The van der Waals surface area contributed by atoms with Crippen molar-refractivity contribution >= 4 is 17.9 Å². The average Bonchev–Trinajstić information content (AvgIpc) is 2.43. The molecule has 0 bridgehead atoms. The maximum absolute atomic E-state index is 12.0. The van der Waals surface area contributed by atoms with Crippen molar-refractivity contribution in [2.45, 2.75) is 45.0 Å². The highest BCUT2D eigenvalue weighted by Gasteiger charge is 2.50. The van der Waals surface area contributed by atoms with Gasteiger partial charge in [0.25, 0.3) is 10.1 Å². The van der Waals surface area contributed by atoms with Crippen LogP contribution in [-0.2, 0) is 23.7 Å². The van der Waals surface area contributed by atoms with Crippen LogP contribution in [0.15, 0.2) is 24.3 Å². The van der Waals surface area contributed by atoms with Crippen molar-refractivity contribution in [3.63, 3.8) is 0 Å². The van der Waals surface area contributed by atoms with Gasteiger partial charge in [-0.05, 0) is 25.8 Å². The monoisotopic (exact) mass is 366 g/mol. The van der Waals surface area contributed by atoms with E-state index in [0.29, 0.717) is 12.0 Å². The molecule has 3 atom stereocenters. The first-order chi connectivity index (χ1) is 10.4. The topological polar surface area (TPSA) is 110 Å². The quantitative estimate of drug-likeness (QED) is 0.537. The van der Waals surface area contributed by atoms with Crippen molar-refractivity contribution in [3.8, 4) is 0 Å². The van der Waals surface area contributed by atoms with E-state index in [4.69, 9.17) is 4.52 Å². The lowest BCUT2D eigenvalue weighted by atomic mass is 9.95. The SMILES string of the molecule is CCCOP(=O)(O)OC(C)(C(C)c1ccc(C)cc1)S(=O)(=O)O. The molecule has 0 saturated heterocycles. The fourth-order valence-corrected chi connectivity index (χ4v) is 4.29. The van der Waals surface area contributed by atoms with E-state index < -0.39 is 28.8 Å². The van der Waals surface area contributed by atoms with E-state index in [1.165, 1.54) is 6.92 Å². The summed E-state index contributed by atoms with van der Waals surface area (Å²) < 4.78 is 54.8. The molecule has 0 heterocycles. The second kappa shape index (κ2) is 7.42. The van der Waals surface area contributed by atoms with E-state index in [1.807, 2.05) is 6.92 Å². The molecule has 0 aliphatic heterocycles. The second-order valence-electron chi connectivity index (χ2n) is 5.52. The third-order valence-corrected chi connectivity index (χ3v) is 6.33. The number of hydrogen-bond donors (Lipinski definition) is 2. The van der Waals surface area contributed by atoms with Gasteiger partial charge in [0.2, 0.25) is 4.93 Å². The van der Waals surface area contributed by atoms with Gasteiger partial charge in [0.1, 0.15) is 0 Å². The van der Waals surface area contributed by atoms with Gasteiger partial charge in [0.15, 0.2) is 0 Å². The second-order valence-corrected chi connectivity index (χ2v) is 8.66. The van der Waals surface area contributed by atoms with E-state index in [2.05, 4.69) is 4.52 Å². The number of rotatable bonds is 8. The van der Waals surface area contributed by atoms with Gasteiger partial charge in [-0.1, -0.05) is 43.7 Å². The number of phosphoric ester groups is 1. The van der Waals surface area contributed by atoms with E-state index in [-0.39, 0.29) is 6.61 Å². The molecule has 0 fully saturated rings. The van der Waals surface area contributed by atoms with Gasteiger partial charge in [0.05, 0.1) is 6.61 Å². The van der Waals surface area contributed by atoms with E-state index in [9.17, 15) is 22.4 Å². The molecule has 0 aliphatic carbocycles. The highest BCUT2D eigenvalue weighted by molar-refractivity contribution is 7.87.